The molecule has 2 unspecified atom stereocenters. The lowest BCUT2D eigenvalue weighted by molar-refractivity contribution is -0.139. The Labute approximate surface area is 383 Å². The zero-order valence-corrected chi connectivity index (χ0v) is 41.2. The van der Waals surface area contributed by atoms with Gasteiger partial charge in [0.2, 0.25) is 0 Å². The van der Waals surface area contributed by atoms with Crippen LogP contribution in [-0.4, -0.2) is 91.3 Å². The number of rotatable bonds is 10. The van der Waals surface area contributed by atoms with E-state index in [2.05, 4.69) is 30.4 Å². The van der Waals surface area contributed by atoms with E-state index in [1.54, 1.807) is 47.6 Å². The number of carbonyl (C=O) groups excluding carboxylic acids is 4. The van der Waals surface area contributed by atoms with E-state index >= 15 is 0 Å². The van der Waals surface area contributed by atoms with Crippen LogP contribution in [0.25, 0.3) is 11.1 Å². The van der Waals surface area contributed by atoms with Crippen LogP contribution in [-0.2, 0) is 38.5 Å². The van der Waals surface area contributed by atoms with Gasteiger partial charge in [0.25, 0.3) is 0 Å². The van der Waals surface area contributed by atoms with E-state index in [1.807, 2.05) is 63.0 Å². The minimum atomic E-state index is -0.763. The molecule has 0 N–H and O–H groups in total. The van der Waals surface area contributed by atoms with Gasteiger partial charge >= 0.3 is 24.1 Å². The van der Waals surface area contributed by atoms with Gasteiger partial charge in [-0.3, -0.25) is 4.68 Å². The van der Waals surface area contributed by atoms with Gasteiger partial charge in [-0.15, -0.1) is 0 Å². The predicted molar refractivity (Wildman–Crippen MR) is 249 cm³/mol. The van der Waals surface area contributed by atoms with Crippen molar-refractivity contribution in [2.45, 2.75) is 163 Å². The fourth-order valence-electron chi connectivity index (χ4n) is 12.0. The van der Waals surface area contributed by atoms with Crippen LogP contribution in [0.5, 0.6) is 0 Å². The number of hydrogen-bond acceptors (Lipinski definition) is 12. The molecule has 5 aliphatic rings. The first-order valence-electron chi connectivity index (χ1n) is 22.7. The summed E-state index contributed by atoms with van der Waals surface area (Å²) in [5.41, 5.74) is 3.16. The van der Waals surface area contributed by atoms with Crippen molar-refractivity contribution in [2.75, 3.05) is 30.9 Å². The van der Waals surface area contributed by atoms with Crippen molar-refractivity contribution in [1.82, 2.24) is 19.7 Å². The highest BCUT2D eigenvalue weighted by atomic mass is 32.2. The first-order valence-corrected chi connectivity index (χ1v) is 23.7. The summed E-state index contributed by atoms with van der Waals surface area (Å²) >= 11 is 1.89. The molecule has 14 heteroatoms. The maximum Gasteiger partial charge on any atom is 0.419 e. The van der Waals surface area contributed by atoms with Gasteiger partial charge in [-0.05, 0) is 160 Å². The summed E-state index contributed by atoms with van der Waals surface area (Å²) in [4.78, 5) is 61.7. The fourth-order valence-corrected chi connectivity index (χ4v) is 14.0. The summed E-state index contributed by atoms with van der Waals surface area (Å²) in [5, 5.41) is 5.03. The van der Waals surface area contributed by atoms with Crippen LogP contribution in [0.4, 0.5) is 15.4 Å². The summed E-state index contributed by atoms with van der Waals surface area (Å²) < 4.78 is 24.5. The van der Waals surface area contributed by atoms with Crippen molar-refractivity contribution in [3.05, 3.63) is 64.6 Å². The molecule has 13 nitrogen and oxygen atoms in total. The number of ether oxygens (including phenoxy) is 4. The minimum absolute atomic E-state index is 0.0287. The molecule has 2 aromatic heterocycles. The van der Waals surface area contributed by atoms with E-state index in [0.717, 1.165) is 65.9 Å². The van der Waals surface area contributed by atoms with Gasteiger partial charge in [0.15, 0.2) is 5.69 Å². The van der Waals surface area contributed by atoms with Crippen LogP contribution >= 0.6 is 11.8 Å². The van der Waals surface area contributed by atoms with E-state index in [4.69, 9.17) is 29.0 Å². The van der Waals surface area contributed by atoms with Crippen molar-refractivity contribution in [3.63, 3.8) is 0 Å². The number of anilines is 1. The third kappa shape index (κ3) is 10.3. The Kier molecular flexibility index (Phi) is 12.4. The number of esters is 2. The van der Waals surface area contributed by atoms with Crippen LogP contribution in [0.15, 0.2) is 36.5 Å². The first kappa shape index (κ1) is 47.4. The van der Waals surface area contributed by atoms with E-state index in [0.29, 0.717) is 42.2 Å². The highest BCUT2D eigenvalue weighted by Crippen LogP contribution is 2.74. The summed E-state index contributed by atoms with van der Waals surface area (Å²) in [5.74, 6) is 0.301. The SMILES string of the molecule is COC(=O)c1cccc2c1CN(c1ccc(-c3cnn(CC45CC6(C)CC(C)(C4)CC(SCCN(C(=O)OC(C)(C)C)C(=O)OC(C)(C)C)(C6)C5)c3C)c(C(=O)OC(C)(C)C)n1)CC2. The van der Waals surface area contributed by atoms with Gasteiger partial charge in [-0.25, -0.2) is 29.1 Å². The number of methoxy groups -OCH3 is 1. The molecule has 3 heterocycles. The Balaban J connectivity index is 1.15. The molecular weight excluding hydrogens is 831 g/mol. The third-order valence-electron chi connectivity index (χ3n) is 13.0. The molecule has 348 valence electrons. The highest BCUT2D eigenvalue weighted by Gasteiger charge is 2.65. The molecule has 4 aliphatic carbocycles. The van der Waals surface area contributed by atoms with Crippen LogP contribution in [0.2, 0.25) is 0 Å². The Morgan fingerprint density at radius 1 is 0.781 bits per heavy atom. The van der Waals surface area contributed by atoms with Gasteiger partial charge in [-0.1, -0.05) is 26.0 Å². The molecule has 2 amide bonds. The Bertz CT molecular complexity index is 2270. The number of carbonyl (C=O) groups is 4. The Morgan fingerprint density at radius 2 is 1.41 bits per heavy atom. The molecular formula is C50H69N5O8S. The van der Waals surface area contributed by atoms with Gasteiger partial charge in [0.1, 0.15) is 22.6 Å². The molecule has 1 aromatic carbocycles. The monoisotopic (exact) mass is 899 g/mol. The molecule has 8 rings (SSSR count). The zero-order chi connectivity index (χ0) is 46.8. The summed E-state index contributed by atoms with van der Waals surface area (Å²) in [7, 11) is 1.39. The second kappa shape index (κ2) is 16.7. The summed E-state index contributed by atoms with van der Waals surface area (Å²) in [6.45, 7) is 25.3. The van der Waals surface area contributed by atoms with Crippen LogP contribution in [0.3, 0.4) is 0 Å². The zero-order valence-electron chi connectivity index (χ0n) is 40.4. The van der Waals surface area contributed by atoms with Gasteiger partial charge in [0.05, 0.1) is 18.9 Å². The molecule has 4 fully saturated rings. The number of imide groups is 1. The topological polar surface area (TPSA) is 142 Å². The quantitative estimate of drug-likeness (QED) is 0.141. The standard InChI is InChI=1S/C50H69N5O8S/c1-32-36(34-17-18-38(52-39(34)41(57)61-44(2,3)4)53-20-19-33-15-14-16-35(37(33)24-53)40(56)60-13)23-51-55(32)31-49-26-47(11)25-48(12,27-49)29-50(28-47,30-49)64-22-21-54(42(58)62-45(5,6)7)43(59)63-46(8,9)10/h14-18,23H,19-22,24-31H2,1-13H3. The van der Waals surface area contributed by atoms with Crippen molar-refractivity contribution in [3.8, 4) is 11.1 Å². The summed E-state index contributed by atoms with van der Waals surface area (Å²) in [6.07, 6.45) is 7.68. The average Bonchev–Trinajstić information content (AvgIpc) is 3.49. The highest BCUT2D eigenvalue weighted by molar-refractivity contribution is 8.00. The molecule has 64 heavy (non-hydrogen) atoms. The molecule has 4 saturated carbocycles. The average molecular weight is 900 g/mol. The van der Waals surface area contributed by atoms with E-state index in [9.17, 15) is 19.2 Å². The van der Waals surface area contributed by atoms with Crippen molar-refractivity contribution < 1.29 is 38.1 Å². The maximum absolute atomic E-state index is 14.1. The van der Waals surface area contributed by atoms with Crippen molar-refractivity contribution in [1.29, 1.82) is 0 Å². The van der Waals surface area contributed by atoms with Gasteiger partial charge < -0.3 is 23.8 Å². The molecule has 1 aliphatic heterocycles. The number of amides is 2. The van der Waals surface area contributed by atoms with Gasteiger partial charge in [0, 0.05) is 53.5 Å². The Hall–Kier alpha value is -4.59. The summed E-state index contributed by atoms with van der Waals surface area (Å²) in [6, 6.07) is 9.61. The molecule has 0 spiro atoms. The van der Waals surface area contributed by atoms with Crippen molar-refractivity contribution >= 4 is 41.7 Å². The number of hydrogen-bond donors (Lipinski definition) is 0. The molecule has 2 atom stereocenters. The van der Waals surface area contributed by atoms with E-state index in [-0.39, 0.29) is 39.2 Å². The normalized spacial score (nSPS) is 25.1. The third-order valence-corrected chi connectivity index (χ3v) is 14.4. The first-order chi connectivity index (χ1) is 29.6. The van der Waals surface area contributed by atoms with Crippen LogP contribution in [0.1, 0.15) is 152 Å². The van der Waals surface area contributed by atoms with Gasteiger partial charge in [-0.2, -0.15) is 16.9 Å². The van der Waals surface area contributed by atoms with E-state index < -0.39 is 35.0 Å². The van der Waals surface area contributed by atoms with E-state index in [1.165, 1.54) is 13.5 Å². The smallest absolute Gasteiger partial charge is 0.419 e. The number of aromatic nitrogens is 3. The van der Waals surface area contributed by atoms with Crippen molar-refractivity contribution in [2.24, 2.45) is 16.2 Å². The molecule has 4 bridgehead atoms. The van der Waals surface area contributed by atoms with Crippen LogP contribution in [0, 0.1) is 23.2 Å². The fraction of sp³-hybridized carbons (Fsp3) is 0.640. The molecule has 0 radical (unpaired) electrons. The lowest BCUT2D eigenvalue weighted by Gasteiger charge is -2.69. The molecule has 0 saturated heterocycles. The second-order valence-corrected chi connectivity index (χ2v) is 24.4. The number of benzene rings is 1. The second-order valence-electron chi connectivity index (χ2n) is 22.8. The largest absolute Gasteiger partial charge is 0.465 e. The number of fused-ring (bicyclic) bond motifs is 1. The lowest BCUT2D eigenvalue weighted by Crippen LogP contribution is -2.62. The number of pyridine rings is 1. The Morgan fingerprint density at radius 3 is 2.00 bits per heavy atom. The maximum atomic E-state index is 14.1. The minimum Gasteiger partial charge on any atom is -0.465 e. The predicted octanol–water partition coefficient (Wildman–Crippen LogP) is 10.6. The van der Waals surface area contributed by atoms with Crippen LogP contribution < -0.4 is 4.90 Å². The number of nitrogens with zero attached hydrogens (tertiary/aromatic N) is 5. The number of thioether (sulfide) groups is 1. The molecule has 3 aromatic rings. The lowest BCUT2D eigenvalue weighted by atomic mass is 9.40.